The van der Waals surface area contributed by atoms with Crippen molar-refractivity contribution >= 4 is 0 Å². The Morgan fingerprint density at radius 1 is 1.00 bits per heavy atom. The molecule has 28 heavy (non-hydrogen) atoms. The summed E-state index contributed by atoms with van der Waals surface area (Å²) in [6.07, 6.45) is 13.7. The molecule has 0 saturated heterocycles. The maximum atomic E-state index is 6.45. The van der Waals surface area contributed by atoms with Crippen LogP contribution in [0.25, 0.3) is 0 Å². The zero-order valence-corrected chi connectivity index (χ0v) is 19.1. The van der Waals surface area contributed by atoms with Crippen LogP contribution in [0.2, 0.25) is 0 Å². The van der Waals surface area contributed by atoms with Crippen molar-refractivity contribution in [2.75, 3.05) is 0 Å². The number of hydrogen-bond acceptors (Lipinski definition) is 2. The van der Waals surface area contributed by atoms with Crippen LogP contribution in [0.5, 0.6) is 5.75 Å². The highest BCUT2D eigenvalue weighted by Crippen LogP contribution is 2.30. The summed E-state index contributed by atoms with van der Waals surface area (Å²) in [6, 6.07) is 8.72. The molecule has 2 unspecified atom stereocenters. The van der Waals surface area contributed by atoms with Crippen LogP contribution in [0.4, 0.5) is 0 Å². The van der Waals surface area contributed by atoms with E-state index in [-0.39, 0.29) is 6.29 Å². The van der Waals surface area contributed by atoms with Crippen molar-refractivity contribution in [3.8, 4) is 5.75 Å². The topological polar surface area (TPSA) is 18.5 Å². The maximum absolute atomic E-state index is 6.45. The van der Waals surface area contributed by atoms with Gasteiger partial charge in [0, 0.05) is 6.42 Å². The highest BCUT2D eigenvalue weighted by atomic mass is 16.7. The van der Waals surface area contributed by atoms with Gasteiger partial charge in [0.2, 0.25) is 0 Å². The van der Waals surface area contributed by atoms with Gasteiger partial charge in [0.1, 0.15) is 5.75 Å². The smallest absolute Gasteiger partial charge is 0.200 e. The van der Waals surface area contributed by atoms with E-state index in [4.69, 9.17) is 9.47 Å². The lowest BCUT2D eigenvalue weighted by Gasteiger charge is -2.29. The van der Waals surface area contributed by atoms with Gasteiger partial charge in [-0.1, -0.05) is 85.3 Å². The van der Waals surface area contributed by atoms with Crippen LogP contribution in [-0.2, 0) is 11.2 Å². The Hall–Kier alpha value is -1.02. The summed E-state index contributed by atoms with van der Waals surface area (Å²) in [7, 11) is 0. The molecule has 2 rings (SSSR count). The van der Waals surface area contributed by atoms with E-state index in [2.05, 4.69) is 58.9 Å². The minimum absolute atomic E-state index is 0.111. The van der Waals surface area contributed by atoms with Gasteiger partial charge < -0.3 is 9.47 Å². The van der Waals surface area contributed by atoms with Crippen LogP contribution in [0.1, 0.15) is 104 Å². The number of ether oxygens (including phenoxy) is 2. The molecule has 0 amide bonds. The van der Waals surface area contributed by atoms with Gasteiger partial charge in [-0.05, 0) is 54.7 Å². The summed E-state index contributed by atoms with van der Waals surface area (Å²) < 4.78 is 12.8. The molecule has 2 nitrogen and oxygen atoms in total. The molecule has 2 atom stereocenters. The van der Waals surface area contributed by atoms with Crippen LogP contribution in [0.15, 0.2) is 24.3 Å². The Bertz CT molecular complexity index is 516. The Morgan fingerprint density at radius 3 is 2.25 bits per heavy atom. The normalized spacial score (nSPS) is 18.0. The minimum Gasteiger partial charge on any atom is -0.465 e. The first-order chi connectivity index (χ1) is 13.4. The maximum Gasteiger partial charge on any atom is 0.200 e. The zero-order chi connectivity index (χ0) is 20.4. The summed E-state index contributed by atoms with van der Waals surface area (Å²) >= 11 is 0. The second kappa shape index (κ2) is 11.9. The number of hydrogen-bond donors (Lipinski definition) is 0. The van der Waals surface area contributed by atoms with E-state index < -0.39 is 0 Å². The first kappa shape index (κ1) is 23.3. The highest BCUT2D eigenvalue weighted by molar-refractivity contribution is 5.27. The van der Waals surface area contributed by atoms with E-state index in [1.54, 1.807) is 0 Å². The largest absolute Gasteiger partial charge is 0.465 e. The predicted octanol–water partition coefficient (Wildman–Crippen LogP) is 7.94. The molecule has 2 heteroatoms. The van der Waals surface area contributed by atoms with Crippen molar-refractivity contribution in [3.05, 3.63) is 29.8 Å². The molecule has 0 radical (unpaired) electrons. The van der Waals surface area contributed by atoms with Crippen LogP contribution < -0.4 is 4.74 Å². The zero-order valence-electron chi connectivity index (χ0n) is 19.1. The number of aryl methyl sites for hydroxylation is 1. The highest BCUT2D eigenvalue weighted by Gasteiger charge is 2.23. The molecular weight excluding hydrogens is 344 g/mol. The first-order valence-electron chi connectivity index (χ1n) is 11.8. The van der Waals surface area contributed by atoms with Gasteiger partial charge in [-0.15, -0.1) is 0 Å². The Kier molecular flexibility index (Phi) is 9.85. The van der Waals surface area contributed by atoms with Crippen LogP contribution >= 0.6 is 0 Å². The van der Waals surface area contributed by atoms with Crippen molar-refractivity contribution in [2.45, 2.75) is 118 Å². The monoisotopic (exact) mass is 388 g/mol. The molecule has 1 aliphatic rings. The van der Waals surface area contributed by atoms with Gasteiger partial charge in [-0.2, -0.15) is 0 Å². The Morgan fingerprint density at radius 2 is 1.68 bits per heavy atom. The average Bonchev–Trinajstić information content (AvgIpc) is 2.67. The molecule has 0 aromatic heterocycles. The summed E-state index contributed by atoms with van der Waals surface area (Å²) in [6.45, 7) is 11.4. The van der Waals surface area contributed by atoms with Crippen molar-refractivity contribution in [3.63, 3.8) is 0 Å². The van der Waals surface area contributed by atoms with E-state index in [0.29, 0.717) is 11.5 Å². The minimum atomic E-state index is -0.111. The molecule has 0 N–H and O–H groups in total. The molecular formula is C26H44O2. The van der Waals surface area contributed by atoms with Crippen molar-refractivity contribution < 1.29 is 9.47 Å². The van der Waals surface area contributed by atoms with Crippen LogP contribution in [-0.4, -0.2) is 12.4 Å². The summed E-state index contributed by atoms with van der Waals surface area (Å²) in [4.78, 5) is 0. The standard InChI is InChI=1S/C26H44O2/c1-6-11-23(7-2)27-25(20-22-12-9-8-10-13-22)28-24-16-14-21(15-17-24)18-19-26(3,4)5/h14-17,22-23,25H,6-13,18-20H2,1-5H3. The molecule has 1 aromatic carbocycles. The quantitative estimate of drug-likeness (QED) is 0.358. The SMILES string of the molecule is CCCC(CC)OC(CC1CCCCC1)Oc1ccc(CCC(C)(C)C)cc1. The molecule has 1 aliphatic carbocycles. The Balaban J connectivity index is 1.97. The fourth-order valence-corrected chi connectivity index (χ4v) is 4.14. The second-order valence-corrected chi connectivity index (χ2v) is 9.95. The number of rotatable bonds is 11. The second-order valence-electron chi connectivity index (χ2n) is 9.95. The molecule has 0 spiro atoms. The number of benzene rings is 1. The van der Waals surface area contributed by atoms with Crippen LogP contribution in [0, 0.1) is 11.3 Å². The summed E-state index contributed by atoms with van der Waals surface area (Å²) in [5.41, 5.74) is 1.77. The average molecular weight is 389 g/mol. The third-order valence-corrected chi connectivity index (χ3v) is 6.02. The van der Waals surface area contributed by atoms with E-state index in [0.717, 1.165) is 43.8 Å². The molecule has 1 aromatic rings. The lowest BCUT2D eigenvalue weighted by Crippen LogP contribution is -2.30. The molecule has 0 aliphatic heterocycles. The van der Waals surface area contributed by atoms with Gasteiger partial charge in [0.15, 0.2) is 6.29 Å². The van der Waals surface area contributed by atoms with Crippen molar-refractivity contribution in [1.29, 1.82) is 0 Å². The molecule has 160 valence electrons. The molecule has 1 saturated carbocycles. The fourth-order valence-electron chi connectivity index (χ4n) is 4.14. The summed E-state index contributed by atoms with van der Waals surface area (Å²) in [5.74, 6) is 1.70. The van der Waals surface area contributed by atoms with E-state index in [9.17, 15) is 0 Å². The third-order valence-electron chi connectivity index (χ3n) is 6.02. The van der Waals surface area contributed by atoms with Gasteiger partial charge in [-0.25, -0.2) is 0 Å². The van der Waals surface area contributed by atoms with E-state index >= 15 is 0 Å². The predicted molar refractivity (Wildman–Crippen MR) is 120 cm³/mol. The van der Waals surface area contributed by atoms with Crippen molar-refractivity contribution in [1.82, 2.24) is 0 Å². The lowest BCUT2D eigenvalue weighted by atomic mass is 9.87. The van der Waals surface area contributed by atoms with Gasteiger partial charge in [0.05, 0.1) is 6.10 Å². The van der Waals surface area contributed by atoms with Crippen molar-refractivity contribution in [2.24, 2.45) is 11.3 Å². The van der Waals surface area contributed by atoms with Crippen LogP contribution in [0.3, 0.4) is 0 Å². The Labute approximate surface area is 174 Å². The first-order valence-corrected chi connectivity index (χ1v) is 11.8. The molecule has 0 bridgehead atoms. The third kappa shape index (κ3) is 8.99. The van der Waals surface area contributed by atoms with Gasteiger partial charge in [-0.3, -0.25) is 0 Å². The van der Waals surface area contributed by atoms with E-state index in [1.807, 2.05) is 0 Å². The summed E-state index contributed by atoms with van der Waals surface area (Å²) in [5, 5.41) is 0. The lowest BCUT2D eigenvalue weighted by molar-refractivity contribution is -0.133. The van der Waals surface area contributed by atoms with Gasteiger partial charge >= 0.3 is 0 Å². The van der Waals surface area contributed by atoms with E-state index in [1.165, 1.54) is 44.1 Å². The molecule has 1 fully saturated rings. The fraction of sp³-hybridized carbons (Fsp3) is 0.769. The molecule has 0 heterocycles. The van der Waals surface area contributed by atoms with Gasteiger partial charge in [0.25, 0.3) is 0 Å².